The lowest BCUT2D eigenvalue weighted by atomic mass is 9.96. The summed E-state index contributed by atoms with van der Waals surface area (Å²) in [6.07, 6.45) is 5.28. The molecule has 1 saturated carbocycles. The molecule has 2 N–H and O–H groups in total. The number of rotatable bonds is 6. The number of hydrogen-bond donors (Lipinski definition) is 2. The highest BCUT2D eigenvalue weighted by Crippen LogP contribution is 2.25. The van der Waals surface area contributed by atoms with Crippen molar-refractivity contribution in [2.45, 2.75) is 56.3 Å². The number of carbonyl (C=O) groups is 2. The summed E-state index contributed by atoms with van der Waals surface area (Å²) in [6, 6.07) is 16.3. The van der Waals surface area contributed by atoms with E-state index in [0.29, 0.717) is 16.1 Å². The van der Waals surface area contributed by atoms with E-state index in [1.165, 1.54) is 6.42 Å². The first-order chi connectivity index (χ1) is 16.0. The van der Waals surface area contributed by atoms with E-state index in [2.05, 4.69) is 15.6 Å². The molecule has 3 aromatic rings. The molecule has 2 aromatic carbocycles. The van der Waals surface area contributed by atoms with Crippen molar-refractivity contribution in [3.63, 3.8) is 0 Å². The van der Waals surface area contributed by atoms with Crippen LogP contribution in [0.25, 0.3) is 10.9 Å². The standard InChI is InChI=1S/C25H28N4O3S/c1-17(18-10-4-2-5-11-18)29-23(31)20-14-8-9-15-21(20)27-25(29)33-16-22(30)28-24(32)26-19-12-6-3-7-13-19/h2,4-5,8-11,14-15,17,19H,3,6-7,12-13,16H2,1H3,(H2,26,28,30,32). The zero-order valence-electron chi connectivity index (χ0n) is 18.6. The number of urea groups is 1. The number of benzene rings is 2. The highest BCUT2D eigenvalue weighted by atomic mass is 32.2. The molecule has 0 radical (unpaired) electrons. The summed E-state index contributed by atoms with van der Waals surface area (Å²) in [6.45, 7) is 1.94. The van der Waals surface area contributed by atoms with Crippen molar-refractivity contribution in [3.05, 3.63) is 70.5 Å². The molecular weight excluding hydrogens is 436 g/mol. The summed E-state index contributed by atoms with van der Waals surface area (Å²) in [4.78, 5) is 42.7. The molecular formula is C25H28N4O3S. The Morgan fingerprint density at radius 2 is 1.76 bits per heavy atom. The van der Waals surface area contributed by atoms with Gasteiger partial charge in [-0.25, -0.2) is 9.78 Å². The number of nitrogens with one attached hydrogen (secondary N) is 2. The van der Waals surface area contributed by atoms with Crippen LogP contribution in [0.3, 0.4) is 0 Å². The van der Waals surface area contributed by atoms with Gasteiger partial charge in [-0.3, -0.25) is 19.5 Å². The van der Waals surface area contributed by atoms with Gasteiger partial charge in [0.1, 0.15) is 0 Å². The van der Waals surface area contributed by atoms with Crippen LogP contribution in [-0.2, 0) is 4.79 Å². The average molecular weight is 465 g/mol. The Morgan fingerprint density at radius 1 is 1.06 bits per heavy atom. The first kappa shape index (κ1) is 23.0. The summed E-state index contributed by atoms with van der Waals surface area (Å²) in [5.74, 6) is -0.445. The highest BCUT2D eigenvalue weighted by Gasteiger charge is 2.20. The quantitative estimate of drug-likeness (QED) is 0.420. The monoisotopic (exact) mass is 464 g/mol. The first-order valence-electron chi connectivity index (χ1n) is 11.3. The van der Waals surface area contributed by atoms with Crippen LogP contribution < -0.4 is 16.2 Å². The van der Waals surface area contributed by atoms with E-state index < -0.39 is 11.9 Å². The third-order valence-electron chi connectivity index (χ3n) is 5.97. The van der Waals surface area contributed by atoms with Crippen LogP contribution in [0, 0.1) is 0 Å². The Bertz CT molecular complexity index is 1190. The number of carbonyl (C=O) groups excluding carboxylic acids is 2. The highest BCUT2D eigenvalue weighted by molar-refractivity contribution is 7.99. The maximum absolute atomic E-state index is 13.4. The number of fused-ring (bicyclic) bond motifs is 1. The maximum atomic E-state index is 13.4. The van der Waals surface area contributed by atoms with Crippen LogP contribution in [0.2, 0.25) is 0 Å². The second-order valence-corrected chi connectivity index (χ2v) is 9.26. The molecule has 1 aromatic heterocycles. The SMILES string of the molecule is CC(c1ccccc1)n1c(SCC(=O)NC(=O)NC2CCCCC2)nc2ccccc2c1=O. The lowest BCUT2D eigenvalue weighted by Crippen LogP contribution is -2.45. The van der Waals surface area contributed by atoms with E-state index in [0.717, 1.165) is 43.0 Å². The predicted molar refractivity (Wildman–Crippen MR) is 131 cm³/mol. The maximum Gasteiger partial charge on any atom is 0.321 e. The third-order valence-corrected chi connectivity index (χ3v) is 6.92. The average Bonchev–Trinajstić information content (AvgIpc) is 2.83. The van der Waals surface area contributed by atoms with Gasteiger partial charge in [0, 0.05) is 6.04 Å². The van der Waals surface area contributed by atoms with Crippen molar-refractivity contribution in [2.75, 3.05) is 5.75 Å². The normalized spacial score (nSPS) is 15.2. The van der Waals surface area contributed by atoms with E-state index >= 15 is 0 Å². The molecule has 1 unspecified atom stereocenters. The number of hydrogen-bond acceptors (Lipinski definition) is 5. The minimum atomic E-state index is -0.464. The first-order valence-corrected chi connectivity index (χ1v) is 12.3. The zero-order chi connectivity index (χ0) is 23.2. The van der Waals surface area contributed by atoms with Crippen molar-refractivity contribution in [2.24, 2.45) is 0 Å². The molecule has 0 bridgehead atoms. The lowest BCUT2D eigenvalue weighted by Gasteiger charge is -2.22. The molecule has 0 aliphatic heterocycles. The molecule has 1 fully saturated rings. The Hall–Kier alpha value is -3.13. The fraction of sp³-hybridized carbons (Fsp3) is 0.360. The summed E-state index contributed by atoms with van der Waals surface area (Å²) in [5, 5.41) is 6.26. The summed E-state index contributed by atoms with van der Waals surface area (Å²) in [7, 11) is 0. The minimum Gasteiger partial charge on any atom is -0.335 e. The number of nitrogens with zero attached hydrogens (tertiary/aromatic N) is 2. The minimum absolute atomic E-state index is 0.0234. The van der Waals surface area contributed by atoms with Gasteiger partial charge in [-0.05, 0) is 37.5 Å². The number of amides is 3. The number of aromatic nitrogens is 2. The van der Waals surface area contributed by atoms with E-state index in [-0.39, 0.29) is 23.4 Å². The van der Waals surface area contributed by atoms with Crippen LogP contribution in [-0.4, -0.2) is 33.3 Å². The Kier molecular flexibility index (Phi) is 7.44. The van der Waals surface area contributed by atoms with Crippen molar-refractivity contribution in [1.82, 2.24) is 20.2 Å². The van der Waals surface area contributed by atoms with Gasteiger partial charge in [0.15, 0.2) is 5.16 Å². The second kappa shape index (κ2) is 10.7. The Balaban J connectivity index is 1.52. The summed E-state index contributed by atoms with van der Waals surface area (Å²) >= 11 is 1.16. The van der Waals surface area contributed by atoms with Gasteiger partial charge >= 0.3 is 6.03 Å². The van der Waals surface area contributed by atoms with Crippen LogP contribution in [0.15, 0.2) is 64.5 Å². The third kappa shape index (κ3) is 5.63. The summed E-state index contributed by atoms with van der Waals surface area (Å²) < 4.78 is 1.62. The van der Waals surface area contributed by atoms with Gasteiger partial charge in [0.05, 0.1) is 22.7 Å². The molecule has 33 heavy (non-hydrogen) atoms. The largest absolute Gasteiger partial charge is 0.335 e. The Labute approximate surface area is 197 Å². The molecule has 4 rings (SSSR count). The molecule has 1 aliphatic carbocycles. The van der Waals surface area contributed by atoms with Gasteiger partial charge < -0.3 is 5.32 Å². The van der Waals surface area contributed by atoms with Crippen LogP contribution in [0.1, 0.15) is 50.6 Å². The molecule has 7 nitrogen and oxygen atoms in total. The smallest absolute Gasteiger partial charge is 0.321 e. The molecule has 0 saturated heterocycles. The fourth-order valence-electron chi connectivity index (χ4n) is 4.21. The topological polar surface area (TPSA) is 93.1 Å². The van der Waals surface area contributed by atoms with E-state index in [4.69, 9.17) is 0 Å². The zero-order valence-corrected chi connectivity index (χ0v) is 19.4. The second-order valence-electron chi connectivity index (χ2n) is 8.32. The van der Waals surface area contributed by atoms with Gasteiger partial charge in [0.25, 0.3) is 5.56 Å². The van der Waals surface area contributed by atoms with E-state index in [1.807, 2.05) is 49.4 Å². The van der Waals surface area contributed by atoms with E-state index in [1.54, 1.807) is 16.7 Å². The van der Waals surface area contributed by atoms with Gasteiger partial charge in [-0.1, -0.05) is 73.5 Å². The molecule has 1 heterocycles. The number of para-hydroxylation sites is 1. The van der Waals surface area contributed by atoms with Crippen molar-refractivity contribution in [1.29, 1.82) is 0 Å². The van der Waals surface area contributed by atoms with E-state index in [9.17, 15) is 14.4 Å². The number of imide groups is 1. The Morgan fingerprint density at radius 3 is 2.52 bits per heavy atom. The van der Waals surface area contributed by atoms with Crippen molar-refractivity contribution in [3.8, 4) is 0 Å². The molecule has 1 aliphatic rings. The molecule has 172 valence electrons. The van der Waals surface area contributed by atoms with Crippen molar-refractivity contribution < 1.29 is 9.59 Å². The van der Waals surface area contributed by atoms with Crippen LogP contribution in [0.5, 0.6) is 0 Å². The van der Waals surface area contributed by atoms with Crippen LogP contribution >= 0.6 is 11.8 Å². The lowest BCUT2D eigenvalue weighted by molar-refractivity contribution is -0.117. The van der Waals surface area contributed by atoms with Crippen LogP contribution in [0.4, 0.5) is 4.79 Å². The van der Waals surface area contributed by atoms with Crippen molar-refractivity contribution >= 4 is 34.6 Å². The predicted octanol–water partition coefficient (Wildman–Crippen LogP) is 4.26. The molecule has 8 heteroatoms. The molecule has 3 amide bonds. The van der Waals surface area contributed by atoms with Gasteiger partial charge in [0.2, 0.25) is 5.91 Å². The summed E-state index contributed by atoms with van der Waals surface area (Å²) in [5.41, 5.74) is 1.39. The van der Waals surface area contributed by atoms with Gasteiger partial charge in [-0.2, -0.15) is 0 Å². The fourth-order valence-corrected chi connectivity index (χ4v) is 5.09. The molecule has 0 spiro atoms. The number of thioether (sulfide) groups is 1. The van der Waals surface area contributed by atoms with Gasteiger partial charge in [-0.15, -0.1) is 0 Å². The molecule has 1 atom stereocenters.